The number of rotatable bonds is 3. The smallest absolute Gasteiger partial charge is 0.282 e. The van der Waals surface area contributed by atoms with Gasteiger partial charge in [-0.25, -0.2) is 0 Å². The van der Waals surface area contributed by atoms with Crippen LogP contribution in [0.5, 0.6) is 0 Å². The van der Waals surface area contributed by atoms with Gasteiger partial charge in [0.2, 0.25) is 0 Å². The van der Waals surface area contributed by atoms with Gasteiger partial charge in [0.1, 0.15) is 0 Å². The number of carbonyl (C=O) groups excluding carboxylic acids is 1. The Morgan fingerprint density at radius 2 is 1.36 bits per heavy atom. The molecule has 1 aromatic carbocycles. The Hall–Kier alpha value is -1.44. The molecule has 1 amide bonds. The van der Waals surface area contributed by atoms with Gasteiger partial charge in [-0.15, -0.1) is 0 Å². The van der Waals surface area contributed by atoms with Crippen LogP contribution in [0.3, 0.4) is 0 Å². The molecule has 1 aromatic rings. The first-order chi connectivity index (χ1) is 10.6. The van der Waals surface area contributed by atoms with E-state index in [2.05, 4.69) is 0 Å². The second kappa shape index (κ2) is 6.36. The fourth-order valence-corrected chi connectivity index (χ4v) is 4.64. The van der Waals surface area contributed by atoms with E-state index in [0.29, 0.717) is 44.8 Å². The zero-order valence-electron chi connectivity index (χ0n) is 12.5. The molecule has 0 spiro atoms. The molecule has 3 rings (SSSR count). The van der Waals surface area contributed by atoms with Crippen LogP contribution >= 0.6 is 0 Å². The van der Waals surface area contributed by atoms with E-state index >= 15 is 0 Å². The third kappa shape index (κ3) is 3.02. The lowest BCUT2D eigenvalue weighted by Crippen LogP contribution is -2.53. The number of piperazine rings is 1. The Kier molecular flexibility index (Phi) is 4.46. The number of nitrogens with zero attached hydrogens (tertiary/aromatic N) is 3. The number of hydrogen-bond acceptors (Lipinski definition) is 3. The van der Waals surface area contributed by atoms with Crippen molar-refractivity contribution in [3.05, 3.63) is 35.9 Å². The van der Waals surface area contributed by atoms with Gasteiger partial charge in [0.15, 0.2) is 0 Å². The number of carbonyl (C=O) groups is 1. The van der Waals surface area contributed by atoms with E-state index in [1.54, 1.807) is 21.3 Å². The average Bonchev–Trinajstić information content (AvgIpc) is 3.10. The Morgan fingerprint density at radius 1 is 0.818 bits per heavy atom. The molecular weight excluding hydrogens is 302 g/mol. The van der Waals surface area contributed by atoms with Crippen molar-refractivity contribution in [2.45, 2.75) is 12.8 Å². The van der Waals surface area contributed by atoms with E-state index in [-0.39, 0.29) is 5.91 Å². The minimum Gasteiger partial charge on any atom is -0.336 e. The van der Waals surface area contributed by atoms with Gasteiger partial charge >= 0.3 is 0 Å². The van der Waals surface area contributed by atoms with Crippen LogP contribution in [0.4, 0.5) is 0 Å². The maximum Gasteiger partial charge on any atom is 0.282 e. The molecule has 2 aliphatic rings. The Bertz CT molecular complexity index is 619. The van der Waals surface area contributed by atoms with Gasteiger partial charge in [-0.1, -0.05) is 18.2 Å². The van der Waals surface area contributed by atoms with Crippen molar-refractivity contribution in [3.63, 3.8) is 0 Å². The SMILES string of the molecule is O=C(c1ccccc1)N1CCN(S(=O)(=O)N2CCCC2)CC1. The van der Waals surface area contributed by atoms with Crippen molar-refractivity contribution in [1.82, 2.24) is 13.5 Å². The summed E-state index contributed by atoms with van der Waals surface area (Å²) in [7, 11) is -3.35. The van der Waals surface area contributed by atoms with Crippen molar-refractivity contribution in [3.8, 4) is 0 Å². The van der Waals surface area contributed by atoms with Crippen LogP contribution in [0.15, 0.2) is 30.3 Å². The highest BCUT2D eigenvalue weighted by Crippen LogP contribution is 2.18. The number of amides is 1. The third-order valence-electron chi connectivity index (χ3n) is 4.26. The predicted molar refractivity (Wildman–Crippen MR) is 83.6 cm³/mol. The molecule has 0 N–H and O–H groups in total. The van der Waals surface area contributed by atoms with Crippen LogP contribution in [0.1, 0.15) is 23.2 Å². The van der Waals surface area contributed by atoms with Crippen molar-refractivity contribution in [2.24, 2.45) is 0 Å². The minimum absolute atomic E-state index is 0.0289. The summed E-state index contributed by atoms with van der Waals surface area (Å²) in [4.78, 5) is 14.1. The maximum atomic E-state index is 12.5. The highest BCUT2D eigenvalue weighted by molar-refractivity contribution is 7.86. The normalized spacial score (nSPS) is 21.2. The van der Waals surface area contributed by atoms with Gasteiger partial charge in [-0.2, -0.15) is 17.0 Å². The third-order valence-corrected chi connectivity index (χ3v) is 6.30. The predicted octanol–water partition coefficient (Wildman–Crippen LogP) is 0.785. The molecule has 2 heterocycles. The highest BCUT2D eigenvalue weighted by atomic mass is 32.2. The molecule has 2 saturated heterocycles. The van der Waals surface area contributed by atoms with Crippen LogP contribution in [0.2, 0.25) is 0 Å². The van der Waals surface area contributed by atoms with Crippen LogP contribution in [-0.4, -0.2) is 67.1 Å². The van der Waals surface area contributed by atoms with Crippen molar-refractivity contribution in [2.75, 3.05) is 39.3 Å². The molecule has 2 aliphatic heterocycles. The van der Waals surface area contributed by atoms with Crippen molar-refractivity contribution >= 4 is 16.1 Å². The fraction of sp³-hybridized carbons (Fsp3) is 0.533. The molecule has 0 aliphatic carbocycles. The molecule has 7 heteroatoms. The molecular formula is C15H21N3O3S. The maximum absolute atomic E-state index is 12.5. The summed E-state index contributed by atoms with van der Waals surface area (Å²) in [5.74, 6) is -0.0289. The van der Waals surface area contributed by atoms with Crippen LogP contribution < -0.4 is 0 Å². The molecule has 0 bridgehead atoms. The lowest BCUT2D eigenvalue weighted by Gasteiger charge is -2.35. The van der Waals surface area contributed by atoms with Gasteiger partial charge in [0.05, 0.1) is 0 Å². The zero-order chi connectivity index (χ0) is 15.6. The van der Waals surface area contributed by atoms with Crippen LogP contribution in [-0.2, 0) is 10.2 Å². The van der Waals surface area contributed by atoms with Gasteiger partial charge in [-0.3, -0.25) is 4.79 Å². The first-order valence-electron chi connectivity index (χ1n) is 7.68. The summed E-state index contributed by atoms with van der Waals surface area (Å²) < 4.78 is 28.0. The quantitative estimate of drug-likeness (QED) is 0.826. The average molecular weight is 323 g/mol. The molecule has 120 valence electrons. The van der Waals surface area contributed by atoms with Crippen molar-refractivity contribution in [1.29, 1.82) is 0 Å². The second-order valence-corrected chi connectivity index (χ2v) is 7.60. The Labute approximate surface area is 131 Å². The summed E-state index contributed by atoms with van der Waals surface area (Å²) in [6, 6.07) is 9.12. The standard InChI is InChI=1S/C15H21N3O3S/c19-15(14-6-2-1-3-7-14)16-10-12-18(13-11-16)22(20,21)17-8-4-5-9-17/h1-3,6-7H,4-5,8-13H2. The monoisotopic (exact) mass is 323 g/mol. The number of hydrogen-bond donors (Lipinski definition) is 0. The molecule has 0 radical (unpaired) electrons. The largest absolute Gasteiger partial charge is 0.336 e. The van der Waals surface area contributed by atoms with E-state index in [9.17, 15) is 13.2 Å². The summed E-state index contributed by atoms with van der Waals surface area (Å²) in [5.41, 5.74) is 0.651. The van der Waals surface area contributed by atoms with E-state index in [1.165, 1.54) is 4.31 Å². The topological polar surface area (TPSA) is 60.9 Å². The van der Waals surface area contributed by atoms with Gasteiger partial charge < -0.3 is 4.90 Å². The van der Waals surface area contributed by atoms with E-state index in [0.717, 1.165) is 12.8 Å². The Balaban J connectivity index is 1.62. The second-order valence-electron chi connectivity index (χ2n) is 5.67. The van der Waals surface area contributed by atoms with Crippen LogP contribution in [0, 0.1) is 0 Å². The minimum atomic E-state index is -3.35. The fourth-order valence-electron chi connectivity index (χ4n) is 2.97. The molecule has 0 atom stereocenters. The van der Waals surface area contributed by atoms with Gasteiger partial charge in [-0.05, 0) is 25.0 Å². The lowest BCUT2D eigenvalue weighted by atomic mass is 10.2. The first kappa shape index (κ1) is 15.5. The molecule has 0 unspecified atom stereocenters. The van der Waals surface area contributed by atoms with E-state index in [4.69, 9.17) is 0 Å². The summed E-state index contributed by atoms with van der Waals surface area (Å²) in [5, 5.41) is 0. The summed E-state index contributed by atoms with van der Waals surface area (Å²) in [6.45, 7) is 2.87. The van der Waals surface area contributed by atoms with E-state index < -0.39 is 10.2 Å². The van der Waals surface area contributed by atoms with Gasteiger partial charge in [0.25, 0.3) is 16.1 Å². The molecule has 0 aromatic heterocycles. The molecule has 2 fully saturated rings. The van der Waals surface area contributed by atoms with Crippen molar-refractivity contribution < 1.29 is 13.2 Å². The summed E-state index contributed by atoms with van der Waals surface area (Å²) >= 11 is 0. The number of benzene rings is 1. The molecule has 22 heavy (non-hydrogen) atoms. The van der Waals surface area contributed by atoms with Crippen LogP contribution in [0.25, 0.3) is 0 Å². The molecule has 0 saturated carbocycles. The summed E-state index contributed by atoms with van der Waals surface area (Å²) in [6.07, 6.45) is 1.87. The Morgan fingerprint density at radius 3 is 1.95 bits per heavy atom. The zero-order valence-corrected chi connectivity index (χ0v) is 13.3. The molecule has 6 nitrogen and oxygen atoms in total. The first-order valence-corrected chi connectivity index (χ1v) is 9.08. The van der Waals surface area contributed by atoms with Gasteiger partial charge in [0, 0.05) is 44.8 Å². The lowest BCUT2D eigenvalue weighted by molar-refractivity contribution is 0.0694. The highest BCUT2D eigenvalue weighted by Gasteiger charge is 2.34. The van der Waals surface area contributed by atoms with E-state index in [1.807, 2.05) is 18.2 Å².